The lowest BCUT2D eigenvalue weighted by Gasteiger charge is -2.34. The van der Waals surface area contributed by atoms with Gasteiger partial charge in [0.15, 0.2) is 0 Å². The van der Waals surface area contributed by atoms with E-state index in [1.807, 2.05) is 19.1 Å². The molecule has 1 fully saturated rings. The van der Waals surface area contributed by atoms with Gasteiger partial charge in [-0.1, -0.05) is 49.9 Å². The summed E-state index contributed by atoms with van der Waals surface area (Å²) in [6.45, 7) is 5.73. The van der Waals surface area contributed by atoms with Gasteiger partial charge in [-0.3, -0.25) is 4.79 Å². The quantitative estimate of drug-likeness (QED) is 0.709. The molecule has 1 heterocycles. The maximum atomic E-state index is 13.2. The van der Waals surface area contributed by atoms with Crippen molar-refractivity contribution in [1.29, 1.82) is 0 Å². The van der Waals surface area contributed by atoms with E-state index in [9.17, 15) is 22.8 Å². The number of carbonyl (C=O) groups is 2. The van der Waals surface area contributed by atoms with Gasteiger partial charge in [-0.05, 0) is 29.7 Å². The van der Waals surface area contributed by atoms with Crippen LogP contribution in [0.3, 0.4) is 0 Å². The van der Waals surface area contributed by atoms with E-state index in [0.29, 0.717) is 5.56 Å². The average molecular weight is 403 g/mol. The number of hydrogen-bond acceptors (Lipinski definition) is 2. The lowest BCUT2D eigenvalue weighted by molar-refractivity contribution is -0.137. The van der Waals surface area contributed by atoms with E-state index in [1.54, 1.807) is 12.1 Å². The molecular formula is C21H20F3N3O2. The molecule has 3 N–H and O–H groups in total. The Morgan fingerprint density at radius 1 is 1.14 bits per heavy atom. The van der Waals surface area contributed by atoms with Gasteiger partial charge >= 0.3 is 12.2 Å². The van der Waals surface area contributed by atoms with Crippen molar-refractivity contribution in [2.24, 2.45) is 5.92 Å². The van der Waals surface area contributed by atoms with Gasteiger partial charge in [-0.2, -0.15) is 13.2 Å². The second kappa shape index (κ2) is 7.98. The third kappa shape index (κ3) is 4.42. The average Bonchev–Trinajstić information content (AvgIpc) is 2.67. The van der Waals surface area contributed by atoms with Crippen molar-refractivity contribution in [2.45, 2.75) is 25.6 Å². The maximum absolute atomic E-state index is 13.2. The van der Waals surface area contributed by atoms with E-state index in [1.165, 1.54) is 18.2 Å². The summed E-state index contributed by atoms with van der Waals surface area (Å²) in [5.41, 5.74) is 0.543. The fourth-order valence-electron chi connectivity index (χ4n) is 3.28. The molecule has 1 aliphatic rings. The van der Waals surface area contributed by atoms with Crippen molar-refractivity contribution < 1.29 is 22.8 Å². The molecule has 0 radical (unpaired) electrons. The predicted octanol–water partition coefficient (Wildman–Crippen LogP) is 4.39. The number of nitrogens with one attached hydrogen (secondary N) is 3. The number of aryl methyl sites for hydroxylation is 1. The molecule has 5 nitrogen and oxygen atoms in total. The number of alkyl halides is 3. The van der Waals surface area contributed by atoms with E-state index < -0.39 is 35.6 Å². The number of para-hydroxylation sites is 1. The number of halogens is 3. The van der Waals surface area contributed by atoms with Crippen LogP contribution in [0.2, 0.25) is 0 Å². The number of carbonyl (C=O) groups excluding carboxylic acids is 2. The van der Waals surface area contributed by atoms with Crippen molar-refractivity contribution in [3.63, 3.8) is 0 Å². The Kier molecular flexibility index (Phi) is 5.63. The van der Waals surface area contributed by atoms with Crippen LogP contribution in [0.4, 0.5) is 23.7 Å². The lowest BCUT2D eigenvalue weighted by Crippen LogP contribution is -2.51. The number of amides is 3. The Hall–Kier alpha value is -3.29. The first-order chi connectivity index (χ1) is 13.7. The van der Waals surface area contributed by atoms with Gasteiger partial charge in [0.1, 0.15) is 5.92 Å². The first-order valence-corrected chi connectivity index (χ1v) is 9.03. The van der Waals surface area contributed by atoms with Gasteiger partial charge in [0.2, 0.25) is 5.91 Å². The Morgan fingerprint density at radius 2 is 1.79 bits per heavy atom. The molecule has 152 valence electrons. The number of benzene rings is 2. The zero-order valence-electron chi connectivity index (χ0n) is 15.6. The molecule has 2 aromatic rings. The van der Waals surface area contributed by atoms with E-state index in [2.05, 4.69) is 22.5 Å². The van der Waals surface area contributed by atoms with Crippen LogP contribution >= 0.6 is 0 Å². The summed E-state index contributed by atoms with van der Waals surface area (Å²) >= 11 is 0. The fraction of sp³-hybridized carbons (Fsp3) is 0.238. The highest BCUT2D eigenvalue weighted by molar-refractivity contribution is 5.97. The second-order valence-corrected chi connectivity index (χ2v) is 6.71. The highest BCUT2D eigenvalue weighted by Gasteiger charge is 2.39. The Bertz CT molecular complexity index is 939. The van der Waals surface area contributed by atoms with Gasteiger partial charge in [-0.15, -0.1) is 0 Å². The van der Waals surface area contributed by atoms with E-state index in [0.717, 1.165) is 18.1 Å². The summed E-state index contributed by atoms with van der Waals surface area (Å²) in [5.74, 6) is -1.70. The molecule has 29 heavy (non-hydrogen) atoms. The van der Waals surface area contributed by atoms with E-state index in [-0.39, 0.29) is 11.4 Å². The molecule has 2 aromatic carbocycles. The largest absolute Gasteiger partial charge is 0.418 e. The van der Waals surface area contributed by atoms with Gasteiger partial charge in [0, 0.05) is 5.70 Å². The van der Waals surface area contributed by atoms with Crippen LogP contribution in [0, 0.1) is 5.92 Å². The number of rotatable bonds is 4. The van der Waals surface area contributed by atoms with Crippen molar-refractivity contribution in [2.75, 3.05) is 5.32 Å². The summed E-state index contributed by atoms with van der Waals surface area (Å²) in [4.78, 5) is 24.9. The molecule has 3 rings (SSSR count). The number of hydrogen-bond donors (Lipinski definition) is 3. The number of urea groups is 1. The van der Waals surface area contributed by atoms with Crippen molar-refractivity contribution in [1.82, 2.24) is 10.6 Å². The molecule has 0 aliphatic carbocycles. The molecule has 0 unspecified atom stereocenters. The minimum atomic E-state index is -4.62. The fourth-order valence-corrected chi connectivity index (χ4v) is 3.28. The second-order valence-electron chi connectivity index (χ2n) is 6.71. The first kappa shape index (κ1) is 20.4. The third-order valence-electron chi connectivity index (χ3n) is 4.79. The van der Waals surface area contributed by atoms with Crippen LogP contribution < -0.4 is 16.0 Å². The van der Waals surface area contributed by atoms with Crippen molar-refractivity contribution in [3.8, 4) is 0 Å². The van der Waals surface area contributed by atoms with Crippen LogP contribution in [0.5, 0.6) is 0 Å². The van der Waals surface area contributed by atoms with E-state index >= 15 is 0 Å². The number of anilines is 1. The summed E-state index contributed by atoms with van der Waals surface area (Å²) in [6.07, 6.45) is -3.79. The van der Waals surface area contributed by atoms with Gasteiger partial charge in [0.25, 0.3) is 0 Å². The van der Waals surface area contributed by atoms with Crippen LogP contribution in [0.1, 0.15) is 29.7 Å². The Balaban J connectivity index is 1.92. The molecule has 1 saturated heterocycles. The van der Waals surface area contributed by atoms with Crippen molar-refractivity contribution in [3.05, 3.63) is 77.5 Å². The zero-order valence-corrected chi connectivity index (χ0v) is 15.6. The molecule has 0 saturated carbocycles. The molecule has 2 atom stereocenters. The minimum Gasteiger partial charge on any atom is -0.330 e. The monoisotopic (exact) mass is 403 g/mol. The molecule has 0 bridgehead atoms. The first-order valence-electron chi connectivity index (χ1n) is 9.03. The summed E-state index contributed by atoms with van der Waals surface area (Å²) in [7, 11) is 0. The van der Waals surface area contributed by atoms with Crippen LogP contribution in [0.15, 0.2) is 60.8 Å². The SMILES string of the molecule is C=C1NC(=O)N[C@H](c2ccc(CC)cc2)[C@H]1C(=O)Nc1ccccc1C(F)(F)F. The molecule has 1 aliphatic heterocycles. The zero-order chi connectivity index (χ0) is 21.2. The lowest BCUT2D eigenvalue weighted by atomic mass is 9.87. The minimum absolute atomic E-state index is 0.111. The Labute approximate surface area is 166 Å². The molecule has 0 aromatic heterocycles. The predicted molar refractivity (Wildman–Crippen MR) is 103 cm³/mol. The Morgan fingerprint density at radius 3 is 2.41 bits per heavy atom. The molecule has 0 spiro atoms. The summed E-state index contributed by atoms with van der Waals surface area (Å²) in [6, 6.07) is 10.8. The summed E-state index contributed by atoms with van der Waals surface area (Å²) in [5, 5.41) is 7.45. The normalized spacial score (nSPS) is 19.3. The molecular weight excluding hydrogens is 383 g/mol. The smallest absolute Gasteiger partial charge is 0.330 e. The third-order valence-corrected chi connectivity index (χ3v) is 4.79. The van der Waals surface area contributed by atoms with Crippen LogP contribution in [0.25, 0.3) is 0 Å². The topological polar surface area (TPSA) is 70.2 Å². The maximum Gasteiger partial charge on any atom is 0.418 e. The van der Waals surface area contributed by atoms with E-state index in [4.69, 9.17) is 0 Å². The van der Waals surface area contributed by atoms with Gasteiger partial charge in [0.05, 0.1) is 17.3 Å². The van der Waals surface area contributed by atoms with Crippen LogP contribution in [-0.4, -0.2) is 11.9 Å². The standard InChI is InChI=1S/C21H20F3N3O2/c1-3-13-8-10-14(11-9-13)18-17(12(2)25-20(29)27-18)19(28)26-16-7-5-4-6-15(16)21(22,23)24/h4-11,17-18H,2-3H2,1H3,(H,26,28)(H2,25,27,29)/t17-,18+/m0/s1. The van der Waals surface area contributed by atoms with Crippen LogP contribution in [-0.2, 0) is 17.4 Å². The highest BCUT2D eigenvalue weighted by Crippen LogP contribution is 2.36. The van der Waals surface area contributed by atoms with Crippen molar-refractivity contribution >= 4 is 17.6 Å². The summed E-state index contributed by atoms with van der Waals surface area (Å²) < 4.78 is 39.7. The highest BCUT2D eigenvalue weighted by atomic mass is 19.4. The van der Waals surface area contributed by atoms with Gasteiger partial charge < -0.3 is 16.0 Å². The van der Waals surface area contributed by atoms with Gasteiger partial charge in [-0.25, -0.2) is 4.79 Å². The molecule has 3 amide bonds. The molecule has 8 heteroatoms.